The fraction of sp³-hybridized carbons (Fsp3) is 0.200. The summed E-state index contributed by atoms with van der Waals surface area (Å²) in [6, 6.07) is 9.00. The molecule has 136 valence electrons. The van der Waals surface area contributed by atoms with Crippen molar-refractivity contribution >= 4 is 38.4 Å². The van der Waals surface area contributed by atoms with Crippen molar-refractivity contribution in [1.82, 2.24) is 4.57 Å². The van der Waals surface area contributed by atoms with Gasteiger partial charge in [0.15, 0.2) is 11.5 Å². The van der Waals surface area contributed by atoms with Gasteiger partial charge in [-0.1, -0.05) is 15.9 Å². The molecule has 0 atom stereocenters. The maximum absolute atomic E-state index is 12.9. The largest absolute Gasteiger partial charge is 0.486 e. The SMILES string of the molecule is O=C(Nc1ccc2c(c1)OCCO2)c1cn2c3c(cc(Br)cc3c1=O)CC2. The molecule has 0 spiro atoms. The maximum atomic E-state index is 12.9. The van der Waals surface area contributed by atoms with Crippen LogP contribution in [-0.4, -0.2) is 23.7 Å². The summed E-state index contributed by atoms with van der Waals surface area (Å²) in [5, 5.41) is 3.36. The van der Waals surface area contributed by atoms with Gasteiger partial charge >= 0.3 is 0 Å². The minimum atomic E-state index is -0.434. The molecule has 27 heavy (non-hydrogen) atoms. The van der Waals surface area contributed by atoms with Gasteiger partial charge in [-0.2, -0.15) is 0 Å². The molecule has 5 rings (SSSR count). The number of carbonyl (C=O) groups is 1. The fourth-order valence-electron chi connectivity index (χ4n) is 3.68. The van der Waals surface area contributed by atoms with E-state index >= 15 is 0 Å². The van der Waals surface area contributed by atoms with Crippen LogP contribution >= 0.6 is 15.9 Å². The zero-order valence-electron chi connectivity index (χ0n) is 14.3. The monoisotopic (exact) mass is 426 g/mol. The van der Waals surface area contributed by atoms with Gasteiger partial charge in [0.25, 0.3) is 5.91 Å². The van der Waals surface area contributed by atoms with E-state index in [0.29, 0.717) is 35.8 Å². The first-order valence-electron chi connectivity index (χ1n) is 8.67. The smallest absolute Gasteiger partial charge is 0.261 e. The van der Waals surface area contributed by atoms with Gasteiger partial charge in [-0.3, -0.25) is 9.59 Å². The lowest BCUT2D eigenvalue weighted by Crippen LogP contribution is -2.23. The minimum absolute atomic E-state index is 0.128. The molecule has 0 saturated carbocycles. The zero-order chi connectivity index (χ0) is 18.5. The second-order valence-electron chi connectivity index (χ2n) is 6.59. The van der Waals surface area contributed by atoms with Crippen LogP contribution in [0.25, 0.3) is 10.9 Å². The van der Waals surface area contributed by atoms with Gasteiger partial charge in [0, 0.05) is 34.4 Å². The number of ether oxygens (including phenoxy) is 2. The molecule has 0 aliphatic carbocycles. The Morgan fingerprint density at radius 2 is 1.93 bits per heavy atom. The van der Waals surface area contributed by atoms with Crippen LogP contribution in [0.4, 0.5) is 5.69 Å². The second kappa shape index (κ2) is 6.13. The molecule has 0 radical (unpaired) electrons. The molecule has 0 unspecified atom stereocenters. The molecule has 7 heteroatoms. The summed E-state index contributed by atoms with van der Waals surface area (Å²) < 4.78 is 13.9. The van der Waals surface area contributed by atoms with Crippen molar-refractivity contribution in [2.24, 2.45) is 0 Å². The number of rotatable bonds is 2. The number of aromatic nitrogens is 1. The summed E-state index contributed by atoms with van der Waals surface area (Å²) in [5.74, 6) is 0.799. The zero-order valence-corrected chi connectivity index (χ0v) is 15.8. The Bertz CT molecular complexity index is 1170. The number of pyridine rings is 1. The molecular formula is C20H15BrN2O4. The number of halogens is 1. The lowest BCUT2D eigenvalue weighted by molar-refractivity contribution is 0.102. The quantitative estimate of drug-likeness (QED) is 0.681. The fourth-order valence-corrected chi connectivity index (χ4v) is 4.19. The van der Waals surface area contributed by atoms with Crippen molar-refractivity contribution in [2.45, 2.75) is 13.0 Å². The number of hydrogen-bond donors (Lipinski definition) is 1. The highest BCUT2D eigenvalue weighted by Gasteiger charge is 2.22. The van der Waals surface area contributed by atoms with Crippen LogP contribution in [0.3, 0.4) is 0 Å². The number of aryl methyl sites for hydroxylation is 2. The van der Waals surface area contributed by atoms with Crippen molar-refractivity contribution in [2.75, 3.05) is 18.5 Å². The molecule has 2 aliphatic rings. The van der Waals surface area contributed by atoms with Gasteiger partial charge in [0.2, 0.25) is 5.43 Å². The number of carbonyl (C=O) groups excluding carboxylic acids is 1. The van der Waals surface area contributed by atoms with Gasteiger partial charge in [-0.25, -0.2) is 0 Å². The van der Waals surface area contributed by atoms with Crippen LogP contribution in [0.1, 0.15) is 15.9 Å². The molecule has 0 saturated heterocycles. The molecule has 6 nitrogen and oxygen atoms in total. The number of nitrogens with one attached hydrogen (secondary N) is 1. The summed E-state index contributed by atoms with van der Waals surface area (Å²) in [7, 11) is 0. The Morgan fingerprint density at radius 3 is 2.78 bits per heavy atom. The number of nitrogens with zero attached hydrogens (tertiary/aromatic N) is 1. The third-order valence-corrected chi connectivity index (χ3v) is 5.34. The van der Waals surface area contributed by atoms with Crippen LogP contribution in [0.5, 0.6) is 11.5 Å². The van der Waals surface area contributed by atoms with Gasteiger partial charge in [0.1, 0.15) is 18.8 Å². The van der Waals surface area contributed by atoms with E-state index in [2.05, 4.69) is 21.2 Å². The third kappa shape index (κ3) is 2.70. The molecule has 1 N–H and O–H groups in total. The van der Waals surface area contributed by atoms with E-state index in [1.54, 1.807) is 30.5 Å². The van der Waals surface area contributed by atoms with Crippen LogP contribution < -0.4 is 20.2 Å². The summed E-state index contributed by atoms with van der Waals surface area (Å²) in [5.41, 5.74) is 2.46. The second-order valence-corrected chi connectivity index (χ2v) is 7.50. The van der Waals surface area contributed by atoms with E-state index in [-0.39, 0.29) is 11.0 Å². The van der Waals surface area contributed by atoms with Gasteiger partial charge in [-0.05, 0) is 36.2 Å². The van der Waals surface area contributed by atoms with Crippen LogP contribution in [0, 0.1) is 0 Å². The van der Waals surface area contributed by atoms with E-state index in [0.717, 1.165) is 28.5 Å². The average molecular weight is 427 g/mol. The first kappa shape index (κ1) is 16.4. The Morgan fingerprint density at radius 1 is 1.11 bits per heavy atom. The topological polar surface area (TPSA) is 69.6 Å². The van der Waals surface area contributed by atoms with E-state index < -0.39 is 5.91 Å². The molecule has 3 heterocycles. The summed E-state index contributed by atoms with van der Waals surface area (Å²) in [6.45, 7) is 1.73. The van der Waals surface area contributed by atoms with Crippen molar-refractivity contribution < 1.29 is 14.3 Å². The molecular weight excluding hydrogens is 412 g/mol. The van der Waals surface area contributed by atoms with Crippen LogP contribution in [0.2, 0.25) is 0 Å². The van der Waals surface area contributed by atoms with Crippen molar-refractivity contribution in [3.8, 4) is 11.5 Å². The molecule has 2 aliphatic heterocycles. The minimum Gasteiger partial charge on any atom is -0.486 e. The Balaban J connectivity index is 1.54. The number of amides is 1. The highest BCUT2D eigenvalue weighted by Crippen LogP contribution is 2.33. The predicted molar refractivity (Wildman–Crippen MR) is 105 cm³/mol. The molecule has 1 aromatic heterocycles. The number of hydrogen-bond acceptors (Lipinski definition) is 4. The van der Waals surface area contributed by atoms with Crippen molar-refractivity contribution in [3.05, 3.63) is 62.4 Å². The Labute approximate surface area is 162 Å². The van der Waals surface area contributed by atoms with E-state index in [9.17, 15) is 9.59 Å². The summed E-state index contributed by atoms with van der Waals surface area (Å²) in [6.07, 6.45) is 2.50. The van der Waals surface area contributed by atoms with Gasteiger partial charge in [-0.15, -0.1) is 0 Å². The number of anilines is 1. The number of benzene rings is 2. The molecule has 0 bridgehead atoms. The third-order valence-electron chi connectivity index (χ3n) is 4.88. The standard InChI is InChI=1S/C20H15BrN2O4/c21-12-7-11-3-4-23-10-15(19(24)14(8-12)18(11)23)20(25)22-13-1-2-16-17(9-13)27-6-5-26-16/h1-2,7-10H,3-6H2,(H,22,25). The van der Waals surface area contributed by atoms with E-state index in [4.69, 9.17) is 9.47 Å². The predicted octanol–water partition coefficient (Wildman–Crippen LogP) is 3.34. The van der Waals surface area contributed by atoms with Crippen LogP contribution in [0.15, 0.2) is 45.8 Å². The van der Waals surface area contributed by atoms with Crippen molar-refractivity contribution in [3.63, 3.8) is 0 Å². The highest BCUT2D eigenvalue weighted by atomic mass is 79.9. The summed E-state index contributed by atoms with van der Waals surface area (Å²) >= 11 is 3.46. The first-order valence-corrected chi connectivity index (χ1v) is 9.46. The molecule has 0 fully saturated rings. The first-order chi connectivity index (χ1) is 13.1. The maximum Gasteiger partial charge on any atom is 0.261 e. The molecule has 2 aromatic carbocycles. The molecule has 3 aromatic rings. The van der Waals surface area contributed by atoms with Crippen LogP contribution in [-0.2, 0) is 13.0 Å². The lowest BCUT2D eigenvalue weighted by Gasteiger charge is -2.19. The van der Waals surface area contributed by atoms with E-state index in [1.807, 2.05) is 10.6 Å². The normalized spacial score (nSPS) is 14.4. The highest BCUT2D eigenvalue weighted by molar-refractivity contribution is 9.10. The molecule has 1 amide bonds. The average Bonchev–Trinajstić information content (AvgIpc) is 3.07. The number of fused-ring (bicyclic) bond motifs is 1. The Kier molecular flexibility index (Phi) is 3.72. The lowest BCUT2D eigenvalue weighted by atomic mass is 10.1. The van der Waals surface area contributed by atoms with Gasteiger partial charge in [0.05, 0.1) is 5.52 Å². The van der Waals surface area contributed by atoms with Gasteiger partial charge < -0.3 is 19.4 Å². The van der Waals surface area contributed by atoms with Crippen molar-refractivity contribution in [1.29, 1.82) is 0 Å². The summed E-state index contributed by atoms with van der Waals surface area (Å²) in [4.78, 5) is 25.7. The Hall–Kier alpha value is -2.80. The van der Waals surface area contributed by atoms with E-state index in [1.165, 1.54) is 0 Å².